The lowest BCUT2D eigenvalue weighted by Gasteiger charge is -2.44. The van der Waals surface area contributed by atoms with Gasteiger partial charge in [0.25, 0.3) is 0 Å². The highest BCUT2D eigenvalue weighted by atomic mass is 79.9. The van der Waals surface area contributed by atoms with E-state index in [1.165, 1.54) is 6.92 Å². The minimum atomic E-state index is -0.891. The smallest absolute Gasteiger partial charge is 0.318 e. The number of fused-ring (bicyclic) bond motifs is 4. The first-order valence-electron chi connectivity index (χ1n) is 8.89. The molecule has 0 amide bonds. The first-order valence-corrected chi connectivity index (χ1v) is 9.68. The zero-order valence-corrected chi connectivity index (χ0v) is 16.0. The highest BCUT2D eigenvalue weighted by Crippen LogP contribution is 2.53. The molecule has 0 radical (unpaired) electrons. The lowest BCUT2D eigenvalue weighted by molar-refractivity contribution is -0.156. The topological polar surface area (TPSA) is 86.7 Å². The molecule has 0 N–H and O–H groups in total. The van der Waals surface area contributed by atoms with Crippen LogP contribution in [0.25, 0.3) is 0 Å². The third-order valence-corrected chi connectivity index (χ3v) is 7.27. The van der Waals surface area contributed by atoms with Crippen LogP contribution in [-0.4, -0.2) is 29.3 Å². The normalized spacial score (nSPS) is 36.5. The van der Waals surface area contributed by atoms with E-state index in [0.29, 0.717) is 24.8 Å². The number of hydrogen-bond donors (Lipinski definition) is 0. The molecule has 1 heterocycles. The molecule has 4 aliphatic rings. The van der Waals surface area contributed by atoms with Gasteiger partial charge in [0, 0.05) is 23.7 Å². The largest absolute Gasteiger partial charge is 0.454 e. The van der Waals surface area contributed by atoms with Gasteiger partial charge in [0.05, 0.1) is 11.8 Å². The Morgan fingerprint density at radius 1 is 1.27 bits per heavy atom. The standard InChI is InChI=1S/C19H19BrO6/c1-9(21)26-19-6-2-3-10(16(19)20)7-14(22)11-4-5-12-15(13(11)8-19)18(24)25-17(12)23/h4,12-13,15H,2-3,5-8H2,1H3/t12-,13+,15-,19-/m1/s1. The minimum Gasteiger partial charge on any atom is -0.454 e. The van der Waals surface area contributed by atoms with Crippen molar-refractivity contribution in [2.45, 2.75) is 51.0 Å². The number of halogens is 1. The maximum atomic E-state index is 12.9. The second-order valence-corrected chi connectivity index (χ2v) is 8.33. The number of ether oxygens (including phenoxy) is 2. The van der Waals surface area contributed by atoms with Crippen molar-refractivity contribution in [3.63, 3.8) is 0 Å². The van der Waals surface area contributed by atoms with Crippen LogP contribution in [0, 0.1) is 17.8 Å². The van der Waals surface area contributed by atoms with E-state index in [1.807, 2.05) is 0 Å². The monoisotopic (exact) mass is 422 g/mol. The van der Waals surface area contributed by atoms with Gasteiger partial charge in [-0.15, -0.1) is 0 Å². The fourth-order valence-corrected chi connectivity index (χ4v) is 5.73. The van der Waals surface area contributed by atoms with E-state index in [9.17, 15) is 19.2 Å². The summed E-state index contributed by atoms with van der Waals surface area (Å²) in [6.45, 7) is 1.36. The number of esters is 3. The molecule has 1 aliphatic heterocycles. The van der Waals surface area contributed by atoms with Crippen molar-refractivity contribution in [1.82, 2.24) is 0 Å². The molecule has 138 valence electrons. The molecule has 0 spiro atoms. The van der Waals surface area contributed by atoms with E-state index in [4.69, 9.17) is 9.47 Å². The van der Waals surface area contributed by atoms with Gasteiger partial charge in [-0.3, -0.25) is 19.2 Å². The summed E-state index contributed by atoms with van der Waals surface area (Å²) in [4.78, 5) is 49.1. The van der Waals surface area contributed by atoms with Gasteiger partial charge in [0.1, 0.15) is 5.60 Å². The zero-order chi connectivity index (χ0) is 18.6. The molecule has 1 fully saturated rings. The fourth-order valence-electron chi connectivity index (χ4n) is 4.95. The van der Waals surface area contributed by atoms with Crippen molar-refractivity contribution < 1.29 is 28.7 Å². The Kier molecular flexibility index (Phi) is 4.17. The summed E-state index contributed by atoms with van der Waals surface area (Å²) in [5, 5.41) is 0. The molecule has 7 heteroatoms. The molecule has 4 rings (SSSR count). The van der Waals surface area contributed by atoms with E-state index in [-0.39, 0.29) is 12.2 Å². The molecule has 0 aromatic carbocycles. The van der Waals surface area contributed by atoms with Gasteiger partial charge in [-0.1, -0.05) is 22.0 Å². The Balaban J connectivity index is 1.83. The van der Waals surface area contributed by atoms with Crippen molar-refractivity contribution in [2.75, 3.05) is 0 Å². The van der Waals surface area contributed by atoms with Gasteiger partial charge < -0.3 is 9.47 Å². The summed E-state index contributed by atoms with van der Waals surface area (Å²) in [7, 11) is 0. The predicted molar refractivity (Wildman–Crippen MR) is 92.8 cm³/mol. The Morgan fingerprint density at radius 2 is 2.04 bits per heavy atom. The average Bonchev–Trinajstić information content (AvgIpc) is 2.86. The lowest BCUT2D eigenvalue weighted by Crippen LogP contribution is -2.46. The highest BCUT2D eigenvalue weighted by molar-refractivity contribution is 9.11. The maximum absolute atomic E-state index is 12.9. The number of allylic oxidation sites excluding steroid dienone is 3. The van der Waals surface area contributed by atoms with Crippen molar-refractivity contribution in [2.24, 2.45) is 17.8 Å². The second-order valence-electron chi connectivity index (χ2n) is 7.54. The molecule has 1 saturated heterocycles. The van der Waals surface area contributed by atoms with Gasteiger partial charge in [0.2, 0.25) is 0 Å². The van der Waals surface area contributed by atoms with Gasteiger partial charge >= 0.3 is 17.9 Å². The van der Waals surface area contributed by atoms with E-state index in [1.54, 1.807) is 6.08 Å². The van der Waals surface area contributed by atoms with Crippen LogP contribution in [0.4, 0.5) is 0 Å². The number of ketones is 1. The number of carbonyl (C=O) groups is 4. The number of cyclic esters (lactones) is 2. The van der Waals surface area contributed by atoms with Gasteiger partial charge in [-0.05, 0) is 43.3 Å². The molecular formula is C19H19BrO6. The maximum Gasteiger partial charge on any atom is 0.318 e. The Hall–Kier alpha value is -1.76. The zero-order valence-electron chi connectivity index (χ0n) is 14.4. The van der Waals surface area contributed by atoms with Crippen LogP contribution in [-0.2, 0) is 28.7 Å². The third kappa shape index (κ3) is 2.59. The van der Waals surface area contributed by atoms with E-state index in [2.05, 4.69) is 15.9 Å². The van der Waals surface area contributed by atoms with Gasteiger partial charge in [-0.2, -0.15) is 0 Å². The van der Waals surface area contributed by atoms with Crippen LogP contribution in [0.2, 0.25) is 0 Å². The van der Waals surface area contributed by atoms with E-state index in [0.717, 1.165) is 22.9 Å². The molecule has 3 aliphatic carbocycles. The molecular weight excluding hydrogens is 404 g/mol. The van der Waals surface area contributed by atoms with Crippen LogP contribution >= 0.6 is 15.9 Å². The summed E-state index contributed by atoms with van der Waals surface area (Å²) < 4.78 is 11.4. The fraction of sp³-hybridized carbons (Fsp3) is 0.579. The SMILES string of the molecule is CC(=O)O[C@@]12CCCC(=C1Br)CC(=O)C1=CC[C@H]3C(=O)OC(=O)[C@H]3[C@H]1C2. The molecule has 0 aromatic heterocycles. The Bertz CT molecular complexity index is 794. The van der Waals surface area contributed by atoms with E-state index >= 15 is 0 Å². The van der Waals surface area contributed by atoms with E-state index < -0.39 is 41.3 Å². The molecule has 0 saturated carbocycles. The van der Waals surface area contributed by atoms with Crippen LogP contribution in [0.1, 0.15) is 45.4 Å². The van der Waals surface area contributed by atoms with Crippen LogP contribution < -0.4 is 0 Å². The third-order valence-electron chi connectivity index (χ3n) is 5.99. The number of carbonyl (C=O) groups excluding carboxylic acids is 4. The predicted octanol–water partition coefficient (Wildman–Crippen LogP) is 2.75. The first-order chi connectivity index (χ1) is 12.3. The summed E-state index contributed by atoms with van der Waals surface area (Å²) in [6.07, 6.45) is 4.87. The minimum absolute atomic E-state index is 0.0223. The van der Waals surface area contributed by atoms with Crippen LogP contribution in [0.5, 0.6) is 0 Å². The summed E-state index contributed by atoms with van der Waals surface area (Å²) in [6, 6.07) is 0. The first kappa shape index (κ1) is 17.6. The lowest BCUT2D eigenvalue weighted by atomic mass is 9.64. The average molecular weight is 423 g/mol. The molecule has 2 bridgehead atoms. The van der Waals surface area contributed by atoms with Crippen molar-refractivity contribution in [3.8, 4) is 0 Å². The second kappa shape index (κ2) is 6.15. The van der Waals surface area contributed by atoms with Crippen molar-refractivity contribution in [1.29, 1.82) is 0 Å². The molecule has 0 unspecified atom stereocenters. The number of Topliss-reactive ketones (excluding diaryl/α,β-unsaturated/α-hetero) is 1. The highest BCUT2D eigenvalue weighted by Gasteiger charge is 2.56. The number of hydrogen-bond acceptors (Lipinski definition) is 6. The summed E-state index contributed by atoms with van der Waals surface area (Å²) >= 11 is 3.59. The number of rotatable bonds is 1. The molecule has 4 atom stereocenters. The quantitative estimate of drug-likeness (QED) is 0.476. The Labute approximate surface area is 159 Å². The molecule has 26 heavy (non-hydrogen) atoms. The Morgan fingerprint density at radius 3 is 2.77 bits per heavy atom. The summed E-state index contributed by atoms with van der Waals surface area (Å²) in [5.41, 5.74) is 0.639. The van der Waals surface area contributed by atoms with Gasteiger partial charge in [0.15, 0.2) is 5.78 Å². The molecule has 6 nitrogen and oxygen atoms in total. The molecule has 0 aromatic rings. The van der Waals surface area contributed by atoms with Crippen LogP contribution in [0.3, 0.4) is 0 Å². The summed E-state index contributed by atoms with van der Waals surface area (Å²) in [5.74, 6) is -3.23. The van der Waals surface area contributed by atoms with Crippen molar-refractivity contribution in [3.05, 3.63) is 21.7 Å². The van der Waals surface area contributed by atoms with Crippen LogP contribution in [0.15, 0.2) is 21.7 Å². The van der Waals surface area contributed by atoms with Crippen molar-refractivity contribution >= 4 is 39.6 Å². The van der Waals surface area contributed by atoms with Gasteiger partial charge in [-0.25, -0.2) is 0 Å².